The zero-order valence-corrected chi connectivity index (χ0v) is 19.7. The predicted octanol–water partition coefficient (Wildman–Crippen LogP) is 5.35. The molecule has 0 saturated carbocycles. The van der Waals surface area contributed by atoms with Crippen molar-refractivity contribution < 1.29 is 13.2 Å². The summed E-state index contributed by atoms with van der Waals surface area (Å²) in [6.07, 6.45) is 5.63. The van der Waals surface area contributed by atoms with E-state index in [1.165, 1.54) is 0 Å². The Morgan fingerprint density at radius 2 is 1.85 bits per heavy atom. The topological polar surface area (TPSA) is 64.4 Å². The van der Waals surface area contributed by atoms with Gasteiger partial charge in [-0.1, -0.05) is 38.8 Å². The van der Waals surface area contributed by atoms with Crippen LogP contribution in [0.5, 0.6) is 0 Å². The largest absolute Gasteiger partial charge is 0.417 e. The van der Waals surface area contributed by atoms with E-state index < -0.39 is 19.3 Å². The second kappa shape index (κ2) is 9.62. The standard InChI is InChI=1S/C19H38N2O3SSi/c1-18(2,3)25(22)21-17(16-13-15-23-20-16)12-10-9-11-14-24-26(7,8)19(4,5)6/h13,15,17,21H,9-12,14H2,1-8H3. The molecule has 0 saturated heterocycles. The van der Waals surface area contributed by atoms with E-state index >= 15 is 0 Å². The Morgan fingerprint density at radius 1 is 1.19 bits per heavy atom. The molecule has 0 aromatic carbocycles. The minimum Gasteiger partial charge on any atom is -0.417 e. The Hall–Kier alpha value is -0.503. The fourth-order valence-corrected chi connectivity index (χ4v) is 4.08. The first-order chi connectivity index (χ1) is 11.8. The van der Waals surface area contributed by atoms with Crippen molar-refractivity contribution in [2.75, 3.05) is 6.61 Å². The SMILES string of the molecule is CC(C)(C)S(=O)NC(CCCCCO[Si](C)(C)C(C)(C)C)c1ccon1. The van der Waals surface area contributed by atoms with Gasteiger partial charge in [0.05, 0.1) is 21.8 Å². The van der Waals surface area contributed by atoms with Gasteiger partial charge in [-0.2, -0.15) is 0 Å². The van der Waals surface area contributed by atoms with E-state index in [4.69, 9.17) is 8.95 Å². The summed E-state index contributed by atoms with van der Waals surface area (Å²) >= 11 is 0. The summed E-state index contributed by atoms with van der Waals surface area (Å²) < 4.78 is 26.6. The third-order valence-electron chi connectivity index (χ3n) is 5.03. The van der Waals surface area contributed by atoms with Crippen molar-refractivity contribution in [1.29, 1.82) is 0 Å². The second-order valence-electron chi connectivity index (χ2n) is 9.43. The van der Waals surface area contributed by atoms with Crippen molar-refractivity contribution in [3.05, 3.63) is 18.0 Å². The molecule has 0 spiro atoms. The molecule has 0 radical (unpaired) electrons. The highest BCUT2D eigenvalue weighted by Crippen LogP contribution is 2.36. The molecule has 2 unspecified atom stereocenters. The van der Waals surface area contributed by atoms with Crippen LogP contribution in [0.25, 0.3) is 0 Å². The Kier molecular flexibility index (Phi) is 8.71. The van der Waals surface area contributed by atoms with Gasteiger partial charge in [-0.05, 0) is 51.7 Å². The summed E-state index contributed by atoms with van der Waals surface area (Å²) in [6.45, 7) is 18.1. The maximum Gasteiger partial charge on any atom is 0.191 e. The monoisotopic (exact) mass is 402 g/mol. The highest BCUT2D eigenvalue weighted by atomic mass is 32.2. The van der Waals surface area contributed by atoms with Gasteiger partial charge >= 0.3 is 0 Å². The van der Waals surface area contributed by atoms with Crippen LogP contribution in [0.15, 0.2) is 16.9 Å². The lowest BCUT2D eigenvalue weighted by Gasteiger charge is -2.36. The van der Waals surface area contributed by atoms with Gasteiger partial charge < -0.3 is 8.95 Å². The van der Waals surface area contributed by atoms with E-state index in [-0.39, 0.29) is 15.8 Å². The molecule has 0 bridgehead atoms. The van der Waals surface area contributed by atoms with Gasteiger partial charge in [0.1, 0.15) is 12.0 Å². The van der Waals surface area contributed by atoms with Crippen molar-refractivity contribution in [3.8, 4) is 0 Å². The summed E-state index contributed by atoms with van der Waals surface area (Å²) in [4.78, 5) is 0. The number of nitrogens with one attached hydrogen (secondary N) is 1. The molecule has 5 nitrogen and oxygen atoms in total. The van der Waals surface area contributed by atoms with Gasteiger partial charge in [0.15, 0.2) is 8.32 Å². The first-order valence-electron chi connectivity index (χ1n) is 9.57. The summed E-state index contributed by atoms with van der Waals surface area (Å²) in [6, 6.07) is 1.80. The molecule has 26 heavy (non-hydrogen) atoms. The van der Waals surface area contributed by atoms with Crippen molar-refractivity contribution in [3.63, 3.8) is 0 Å². The lowest BCUT2D eigenvalue weighted by Crippen LogP contribution is -2.40. The lowest BCUT2D eigenvalue weighted by molar-refractivity contribution is 0.276. The molecule has 1 N–H and O–H groups in total. The highest BCUT2D eigenvalue weighted by Gasteiger charge is 2.36. The fraction of sp³-hybridized carbons (Fsp3) is 0.842. The number of hydrogen-bond donors (Lipinski definition) is 1. The van der Waals surface area contributed by atoms with E-state index in [2.05, 4.69) is 43.7 Å². The van der Waals surface area contributed by atoms with E-state index in [0.717, 1.165) is 38.0 Å². The van der Waals surface area contributed by atoms with Crippen LogP contribution < -0.4 is 4.72 Å². The van der Waals surface area contributed by atoms with E-state index in [9.17, 15) is 4.21 Å². The van der Waals surface area contributed by atoms with Gasteiger partial charge in [0.25, 0.3) is 0 Å². The molecule has 1 aromatic rings. The predicted molar refractivity (Wildman–Crippen MR) is 112 cm³/mol. The molecule has 152 valence electrons. The maximum absolute atomic E-state index is 12.4. The summed E-state index contributed by atoms with van der Waals surface area (Å²) in [5.74, 6) is 0. The number of rotatable bonds is 10. The molecule has 0 aliphatic rings. The molecule has 0 aliphatic carbocycles. The van der Waals surface area contributed by atoms with Crippen LogP contribution in [0, 0.1) is 0 Å². The Morgan fingerprint density at radius 3 is 2.35 bits per heavy atom. The Balaban J connectivity index is 2.43. The van der Waals surface area contributed by atoms with Crippen LogP contribution in [0.2, 0.25) is 18.1 Å². The van der Waals surface area contributed by atoms with E-state index in [0.29, 0.717) is 0 Å². The van der Waals surface area contributed by atoms with Gasteiger partial charge in [0, 0.05) is 12.7 Å². The molecule has 1 aromatic heterocycles. The van der Waals surface area contributed by atoms with Crippen LogP contribution in [-0.2, 0) is 15.4 Å². The van der Waals surface area contributed by atoms with Crippen LogP contribution in [0.3, 0.4) is 0 Å². The molecule has 1 rings (SSSR count). The first kappa shape index (κ1) is 23.5. The number of aromatic nitrogens is 1. The highest BCUT2D eigenvalue weighted by molar-refractivity contribution is 7.84. The molecular formula is C19H38N2O3SSi. The van der Waals surface area contributed by atoms with Gasteiger partial charge in [-0.15, -0.1) is 0 Å². The zero-order valence-electron chi connectivity index (χ0n) is 17.8. The van der Waals surface area contributed by atoms with Gasteiger partial charge in [0.2, 0.25) is 0 Å². The molecule has 0 amide bonds. The molecule has 7 heteroatoms. The summed E-state index contributed by atoms with van der Waals surface area (Å²) in [5, 5.41) is 4.29. The van der Waals surface area contributed by atoms with Crippen LogP contribution in [-0.4, -0.2) is 29.0 Å². The number of unbranched alkanes of at least 4 members (excludes halogenated alkanes) is 2. The van der Waals surface area contributed by atoms with Crippen molar-refractivity contribution in [2.24, 2.45) is 0 Å². The second-order valence-corrected chi connectivity index (χ2v) is 16.2. The Bertz CT molecular complexity index is 548. The van der Waals surface area contributed by atoms with Crippen LogP contribution >= 0.6 is 0 Å². The minimum absolute atomic E-state index is 0.0462. The normalized spacial score (nSPS) is 15.8. The molecule has 2 atom stereocenters. The average molecular weight is 403 g/mol. The third-order valence-corrected chi connectivity index (χ3v) is 11.2. The van der Waals surface area contributed by atoms with Gasteiger partial charge in [-0.25, -0.2) is 8.93 Å². The summed E-state index contributed by atoms with van der Waals surface area (Å²) in [5.41, 5.74) is 0.820. The first-order valence-corrected chi connectivity index (χ1v) is 13.6. The van der Waals surface area contributed by atoms with Crippen LogP contribution in [0.1, 0.15) is 79.0 Å². The molecule has 1 heterocycles. The number of nitrogens with zero attached hydrogens (tertiary/aromatic N) is 1. The Labute approximate surface area is 163 Å². The zero-order chi connectivity index (χ0) is 20.0. The van der Waals surface area contributed by atoms with Crippen molar-refractivity contribution in [2.45, 2.75) is 96.1 Å². The average Bonchev–Trinajstić information content (AvgIpc) is 3.01. The minimum atomic E-state index is -1.65. The smallest absolute Gasteiger partial charge is 0.191 e. The van der Waals surface area contributed by atoms with E-state index in [1.807, 2.05) is 26.8 Å². The summed E-state index contributed by atoms with van der Waals surface area (Å²) in [7, 11) is -2.78. The maximum atomic E-state index is 12.4. The van der Waals surface area contributed by atoms with E-state index in [1.54, 1.807) is 6.26 Å². The van der Waals surface area contributed by atoms with Crippen molar-refractivity contribution in [1.82, 2.24) is 9.88 Å². The van der Waals surface area contributed by atoms with Crippen LogP contribution in [0.4, 0.5) is 0 Å². The molecule has 0 aliphatic heterocycles. The van der Waals surface area contributed by atoms with Gasteiger partial charge in [-0.3, -0.25) is 0 Å². The van der Waals surface area contributed by atoms with Crippen molar-refractivity contribution >= 4 is 19.3 Å². The molecular weight excluding hydrogens is 364 g/mol. The fourth-order valence-electron chi connectivity index (χ4n) is 2.15. The number of hydrogen-bond acceptors (Lipinski definition) is 4. The third kappa shape index (κ3) is 7.62. The lowest BCUT2D eigenvalue weighted by atomic mass is 10.1. The molecule has 0 fully saturated rings. The quantitative estimate of drug-likeness (QED) is 0.423.